The Morgan fingerprint density at radius 1 is 0.759 bits per heavy atom. The molecule has 0 bridgehead atoms. The van der Waals surface area contributed by atoms with E-state index >= 15 is 0 Å². The maximum absolute atomic E-state index is 9.63. The zero-order chi connectivity index (χ0) is 20.4. The van der Waals surface area contributed by atoms with Crippen molar-refractivity contribution >= 4 is 29.0 Å². The van der Waals surface area contributed by atoms with E-state index in [-0.39, 0.29) is 5.82 Å². The van der Waals surface area contributed by atoms with Crippen LogP contribution in [0.3, 0.4) is 0 Å². The molecule has 4 aromatic rings. The van der Waals surface area contributed by atoms with Crippen molar-refractivity contribution in [1.29, 1.82) is 5.26 Å². The van der Waals surface area contributed by atoms with Crippen LogP contribution in [0, 0.1) is 11.3 Å². The molecule has 0 saturated heterocycles. The highest BCUT2D eigenvalue weighted by atomic mass is 35.5. The van der Waals surface area contributed by atoms with Gasteiger partial charge in [-0.1, -0.05) is 77.8 Å². The standard InChI is InChI=1S/C24H15Cl2N3/c25-18-10-11-19(22(26)12-18)23-13-20(21(14-27)24(28)29-23)17-8-6-16(7-9-17)15-4-2-1-3-5-15/h1-13H,(H2,28,29). The number of nitrogens with zero attached hydrogens (tertiary/aromatic N) is 2. The Balaban J connectivity index is 1.82. The van der Waals surface area contributed by atoms with Gasteiger partial charge in [-0.25, -0.2) is 4.98 Å². The molecule has 0 aliphatic rings. The Kier molecular flexibility index (Phi) is 5.22. The van der Waals surface area contributed by atoms with Gasteiger partial charge in [0, 0.05) is 16.1 Å². The number of nitriles is 1. The predicted octanol–water partition coefficient (Wildman–Crippen LogP) is 6.84. The SMILES string of the molecule is N#Cc1c(-c2ccc(-c3ccccc3)cc2)cc(-c2ccc(Cl)cc2Cl)nc1N. The van der Waals surface area contributed by atoms with Gasteiger partial charge in [-0.15, -0.1) is 0 Å². The van der Waals surface area contributed by atoms with Gasteiger partial charge in [0.25, 0.3) is 0 Å². The normalized spacial score (nSPS) is 10.5. The highest BCUT2D eigenvalue weighted by Crippen LogP contribution is 2.35. The summed E-state index contributed by atoms with van der Waals surface area (Å²) in [5.41, 5.74) is 11.5. The van der Waals surface area contributed by atoms with Crippen molar-refractivity contribution < 1.29 is 0 Å². The van der Waals surface area contributed by atoms with Crippen LogP contribution in [-0.4, -0.2) is 4.98 Å². The molecule has 2 N–H and O–H groups in total. The van der Waals surface area contributed by atoms with Crippen LogP contribution >= 0.6 is 23.2 Å². The fraction of sp³-hybridized carbons (Fsp3) is 0. The van der Waals surface area contributed by atoms with Gasteiger partial charge in [-0.05, 0) is 41.0 Å². The summed E-state index contributed by atoms with van der Waals surface area (Å²) in [4.78, 5) is 4.38. The Morgan fingerprint density at radius 2 is 1.41 bits per heavy atom. The Hall–Kier alpha value is -3.32. The molecule has 0 saturated carbocycles. The highest BCUT2D eigenvalue weighted by molar-refractivity contribution is 6.36. The van der Waals surface area contributed by atoms with Crippen LogP contribution in [0.25, 0.3) is 33.5 Å². The molecule has 0 unspecified atom stereocenters. The van der Waals surface area contributed by atoms with Crippen LogP contribution in [0.1, 0.15) is 5.56 Å². The molecule has 1 heterocycles. The molecule has 0 aliphatic carbocycles. The van der Waals surface area contributed by atoms with E-state index in [1.165, 1.54) is 0 Å². The van der Waals surface area contributed by atoms with Crippen molar-refractivity contribution in [3.63, 3.8) is 0 Å². The summed E-state index contributed by atoms with van der Waals surface area (Å²) in [5.74, 6) is 0.165. The number of pyridine rings is 1. The summed E-state index contributed by atoms with van der Waals surface area (Å²) in [6.45, 7) is 0. The number of anilines is 1. The minimum Gasteiger partial charge on any atom is -0.383 e. The van der Waals surface area contributed by atoms with Crippen LogP contribution in [0.5, 0.6) is 0 Å². The van der Waals surface area contributed by atoms with Crippen molar-refractivity contribution in [2.24, 2.45) is 0 Å². The third-order valence-electron chi connectivity index (χ3n) is 4.67. The number of nitrogen functional groups attached to an aromatic ring is 1. The van der Waals surface area contributed by atoms with Gasteiger partial charge in [-0.3, -0.25) is 0 Å². The van der Waals surface area contributed by atoms with Gasteiger partial charge >= 0.3 is 0 Å². The molecule has 0 amide bonds. The quantitative estimate of drug-likeness (QED) is 0.398. The molecular formula is C24H15Cl2N3. The first-order valence-corrected chi connectivity index (χ1v) is 9.64. The fourth-order valence-electron chi connectivity index (χ4n) is 3.22. The molecule has 5 heteroatoms. The van der Waals surface area contributed by atoms with Crippen molar-refractivity contribution in [2.45, 2.75) is 0 Å². The van der Waals surface area contributed by atoms with Crippen LogP contribution < -0.4 is 5.73 Å². The first kappa shape index (κ1) is 19.0. The molecule has 0 spiro atoms. The minimum absolute atomic E-state index is 0.165. The Labute approximate surface area is 179 Å². The summed E-state index contributed by atoms with van der Waals surface area (Å²) >= 11 is 12.3. The monoisotopic (exact) mass is 415 g/mol. The van der Waals surface area contributed by atoms with E-state index in [1.54, 1.807) is 18.2 Å². The van der Waals surface area contributed by atoms with E-state index in [0.717, 1.165) is 16.7 Å². The zero-order valence-corrected chi connectivity index (χ0v) is 16.7. The van der Waals surface area contributed by atoms with E-state index in [4.69, 9.17) is 28.9 Å². The average Bonchev–Trinajstić information content (AvgIpc) is 2.74. The Morgan fingerprint density at radius 3 is 2.07 bits per heavy atom. The maximum atomic E-state index is 9.63. The summed E-state index contributed by atoms with van der Waals surface area (Å²) in [5, 5.41) is 10.6. The molecule has 29 heavy (non-hydrogen) atoms. The molecule has 0 atom stereocenters. The van der Waals surface area contributed by atoms with Crippen molar-refractivity contribution in [3.05, 3.63) is 94.5 Å². The number of aromatic nitrogens is 1. The second-order valence-electron chi connectivity index (χ2n) is 6.49. The van der Waals surface area contributed by atoms with Crippen molar-refractivity contribution in [2.75, 3.05) is 5.73 Å². The number of halogens is 2. The largest absolute Gasteiger partial charge is 0.383 e. The lowest BCUT2D eigenvalue weighted by Crippen LogP contribution is -2.00. The number of hydrogen-bond acceptors (Lipinski definition) is 3. The molecule has 0 radical (unpaired) electrons. The van der Waals surface area contributed by atoms with E-state index in [9.17, 15) is 5.26 Å². The fourth-order valence-corrected chi connectivity index (χ4v) is 3.72. The second-order valence-corrected chi connectivity index (χ2v) is 7.34. The highest BCUT2D eigenvalue weighted by Gasteiger charge is 2.15. The van der Waals surface area contributed by atoms with E-state index in [2.05, 4.69) is 23.2 Å². The molecular weight excluding hydrogens is 401 g/mol. The van der Waals surface area contributed by atoms with Crippen LogP contribution in [0.4, 0.5) is 5.82 Å². The van der Waals surface area contributed by atoms with Crippen LogP contribution in [-0.2, 0) is 0 Å². The maximum Gasteiger partial charge on any atom is 0.142 e. The molecule has 3 aromatic carbocycles. The first-order chi connectivity index (χ1) is 14.1. The van der Waals surface area contributed by atoms with Gasteiger partial charge in [0.05, 0.1) is 10.7 Å². The van der Waals surface area contributed by atoms with Gasteiger partial charge in [0.15, 0.2) is 0 Å². The number of rotatable bonds is 3. The molecule has 1 aromatic heterocycles. The average molecular weight is 416 g/mol. The molecule has 4 rings (SSSR count). The lowest BCUT2D eigenvalue weighted by atomic mass is 9.96. The predicted molar refractivity (Wildman–Crippen MR) is 120 cm³/mol. The van der Waals surface area contributed by atoms with Gasteiger partial charge < -0.3 is 5.73 Å². The van der Waals surface area contributed by atoms with Gasteiger partial charge in [-0.2, -0.15) is 5.26 Å². The first-order valence-electron chi connectivity index (χ1n) is 8.88. The van der Waals surface area contributed by atoms with Crippen LogP contribution in [0.15, 0.2) is 78.9 Å². The van der Waals surface area contributed by atoms with Gasteiger partial charge in [0.1, 0.15) is 17.5 Å². The van der Waals surface area contributed by atoms with E-state index in [1.807, 2.05) is 48.5 Å². The lowest BCUT2D eigenvalue weighted by molar-refractivity contribution is 1.31. The topological polar surface area (TPSA) is 62.7 Å². The zero-order valence-electron chi connectivity index (χ0n) is 15.2. The van der Waals surface area contributed by atoms with Gasteiger partial charge in [0.2, 0.25) is 0 Å². The molecule has 140 valence electrons. The summed E-state index contributed by atoms with van der Waals surface area (Å²) in [6.07, 6.45) is 0. The molecule has 0 fully saturated rings. The van der Waals surface area contributed by atoms with E-state index < -0.39 is 0 Å². The Bertz CT molecular complexity index is 1230. The van der Waals surface area contributed by atoms with Crippen molar-refractivity contribution in [1.82, 2.24) is 4.98 Å². The van der Waals surface area contributed by atoms with Crippen molar-refractivity contribution in [3.8, 4) is 39.6 Å². The lowest BCUT2D eigenvalue weighted by Gasteiger charge is -2.12. The molecule has 3 nitrogen and oxygen atoms in total. The number of nitrogens with two attached hydrogens (primary N) is 1. The summed E-state index contributed by atoms with van der Waals surface area (Å²) < 4.78 is 0. The minimum atomic E-state index is 0.165. The molecule has 0 aliphatic heterocycles. The second kappa shape index (κ2) is 7.97. The summed E-state index contributed by atoms with van der Waals surface area (Å²) in [6, 6.07) is 27.3. The number of hydrogen-bond donors (Lipinski definition) is 1. The third kappa shape index (κ3) is 3.82. The third-order valence-corrected chi connectivity index (χ3v) is 5.22. The summed E-state index contributed by atoms with van der Waals surface area (Å²) in [7, 11) is 0. The number of benzene rings is 3. The van der Waals surface area contributed by atoms with E-state index in [0.29, 0.717) is 32.4 Å². The van der Waals surface area contributed by atoms with Crippen LogP contribution in [0.2, 0.25) is 10.0 Å². The smallest absolute Gasteiger partial charge is 0.142 e.